The SMILES string of the molecule is CCCCCC1(C)C=CC(c2ccccc2)=CC1=O. The molecule has 0 heterocycles. The first-order valence-corrected chi connectivity index (χ1v) is 7.16. The van der Waals surface area contributed by atoms with Gasteiger partial charge in [-0.3, -0.25) is 4.79 Å². The lowest BCUT2D eigenvalue weighted by atomic mass is 9.76. The number of hydrogen-bond acceptors (Lipinski definition) is 1. The Morgan fingerprint density at radius 2 is 1.84 bits per heavy atom. The highest BCUT2D eigenvalue weighted by Gasteiger charge is 2.30. The molecule has 0 saturated carbocycles. The lowest BCUT2D eigenvalue weighted by Crippen LogP contribution is -2.26. The van der Waals surface area contributed by atoms with Crippen molar-refractivity contribution in [1.29, 1.82) is 0 Å². The molecule has 0 N–H and O–H groups in total. The van der Waals surface area contributed by atoms with Crippen LogP contribution in [-0.4, -0.2) is 5.78 Å². The van der Waals surface area contributed by atoms with Gasteiger partial charge in [0.2, 0.25) is 0 Å². The molecule has 1 unspecified atom stereocenters. The van der Waals surface area contributed by atoms with Crippen molar-refractivity contribution in [1.82, 2.24) is 0 Å². The molecule has 0 amide bonds. The van der Waals surface area contributed by atoms with Crippen molar-refractivity contribution in [2.45, 2.75) is 39.5 Å². The Morgan fingerprint density at radius 1 is 1.11 bits per heavy atom. The zero-order valence-electron chi connectivity index (χ0n) is 11.9. The minimum atomic E-state index is -0.298. The largest absolute Gasteiger partial charge is 0.294 e. The second-order valence-corrected chi connectivity index (χ2v) is 5.54. The number of allylic oxidation sites excluding steroid dienone is 4. The summed E-state index contributed by atoms with van der Waals surface area (Å²) in [5, 5.41) is 0. The van der Waals surface area contributed by atoms with Crippen molar-refractivity contribution in [3.63, 3.8) is 0 Å². The van der Waals surface area contributed by atoms with Crippen molar-refractivity contribution in [2.75, 3.05) is 0 Å². The van der Waals surface area contributed by atoms with Gasteiger partial charge < -0.3 is 0 Å². The summed E-state index contributed by atoms with van der Waals surface area (Å²) >= 11 is 0. The Hall–Kier alpha value is -1.63. The maximum atomic E-state index is 12.4. The molecule has 1 aromatic rings. The van der Waals surface area contributed by atoms with E-state index < -0.39 is 0 Å². The number of hydrogen-bond donors (Lipinski definition) is 0. The van der Waals surface area contributed by atoms with Gasteiger partial charge in [0, 0.05) is 5.41 Å². The molecule has 0 spiro atoms. The van der Waals surface area contributed by atoms with E-state index >= 15 is 0 Å². The fourth-order valence-electron chi connectivity index (χ4n) is 2.47. The van der Waals surface area contributed by atoms with Crippen LogP contribution in [0.1, 0.15) is 45.1 Å². The van der Waals surface area contributed by atoms with E-state index in [0.717, 1.165) is 24.0 Å². The fourth-order valence-corrected chi connectivity index (χ4v) is 2.47. The lowest BCUT2D eigenvalue weighted by molar-refractivity contribution is -0.121. The second-order valence-electron chi connectivity index (χ2n) is 5.54. The number of rotatable bonds is 5. The van der Waals surface area contributed by atoms with E-state index in [4.69, 9.17) is 0 Å². The molecule has 1 aliphatic rings. The molecule has 1 aromatic carbocycles. The van der Waals surface area contributed by atoms with Gasteiger partial charge in [0.05, 0.1) is 0 Å². The van der Waals surface area contributed by atoms with Crippen LogP contribution in [-0.2, 0) is 4.79 Å². The molecule has 0 fully saturated rings. The number of benzene rings is 1. The van der Waals surface area contributed by atoms with Crippen molar-refractivity contribution >= 4 is 11.4 Å². The van der Waals surface area contributed by atoms with Gasteiger partial charge in [-0.15, -0.1) is 0 Å². The summed E-state index contributed by atoms with van der Waals surface area (Å²) in [5.41, 5.74) is 1.84. The van der Waals surface area contributed by atoms with Gasteiger partial charge in [-0.2, -0.15) is 0 Å². The third-order valence-corrected chi connectivity index (χ3v) is 3.89. The summed E-state index contributed by atoms with van der Waals surface area (Å²) in [5.74, 6) is 0.241. The van der Waals surface area contributed by atoms with Crippen molar-refractivity contribution in [3.8, 4) is 0 Å². The maximum Gasteiger partial charge on any atom is 0.165 e. The Kier molecular flexibility index (Phi) is 4.36. The van der Waals surface area contributed by atoms with Crippen molar-refractivity contribution in [3.05, 3.63) is 54.1 Å². The zero-order chi connectivity index (χ0) is 13.7. The normalized spacial score (nSPS) is 22.4. The number of carbonyl (C=O) groups is 1. The van der Waals surface area contributed by atoms with Gasteiger partial charge in [-0.05, 0) is 30.6 Å². The van der Waals surface area contributed by atoms with E-state index in [2.05, 4.69) is 26.0 Å². The summed E-state index contributed by atoms with van der Waals surface area (Å²) in [4.78, 5) is 12.4. The quantitative estimate of drug-likeness (QED) is 0.690. The Morgan fingerprint density at radius 3 is 2.47 bits per heavy atom. The van der Waals surface area contributed by atoms with Gasteiger partial charge >= 0.3 is 0 Å². The average molecular weight is 254 g/mol. The third kappa shape index (κ3) is 3.23. The minimum Gasteiger partial charge on any atom is -0.294 e. The zero-order valence-corrected chi connectivity index (χ0v) is 11.9. The Bertz CT molecular complexity index is 496. The van der Waals surface area contributed by atoms with Crippen molar-refractivity contribution < 1.29 is 4.79 Å². The van der Waals surface area contributed by atoms with Crippen LogP contribution >= 0.6 is 0 Å². The van der Waals surface area contributed by atoms with Gasteiger partial charge in [-0.25, -0.2) is 0 Å². The Labute approximate surface area is 116 Å². The fraction of sp³-hybridized carbons (Fsp3) is 0.389. The molecule has 0 bridgehead atoms. The monoisotopic (exact) mass is 254 g/mol. The smallest absolute Gasteiger partial charge is 0.165 e. The molecule has 0 aliphatic heterocycles. The van der Waals surface area contributed by atoms with Gasteiger partial charge in [0.15, 0.2) is 5.78 Å². The van der Waals surface area contributed by atoms with Crippen LogP contribution in [0.4, 0.5) is 0 Å². The molecule has 0 saturated heterocycles. The molecule has 1 nitrogen and oxygen atoms in total. The standard InChI is InChI=1S/C18H22O/c1-3-4-8-12-18(2)13-11-16(14-17(18)19)15-9-6-5-7-10-15/h5-7,9-11,13-14H,3-4,8,12H2,1-2H3. The van der Waals surface area contributed by atoms with E-state index in [1.54, 1.807) is 6.08 Å². The predicted molar refractivity (Wildman–Crippen MR) is 80.8 cm³/mol. The van der Waals surface area contributed by atoms with Gasteiger partial charge in [0.25, 0.3) is 0 Å². The number of ketones is 1. The van der Waals surface area contributed by atoms with E-state index in [1.165, 1.54) is 12.8 Å². The van der Waals surface area contributed by atoms with Crippen LogP contribution in [0.2, 0.25) is 0 Å². The highest BCUT2D eigenvalue weighted by Crippen LogP contribution is 2.34. The summed E-state index contributed by atoms with van der Waals surface area (Å²) < 4.78 is 0. The lowest BCUT2D eigenvalue weighted by Gasteiger charge is -2.26. The number of unbranched alkanes of at least 4 members (excludes halogenated alkanes) is 2. The highest BCUT2D eigenvalue weighted by molar-refractivity contribution is 6.05. The van der Waals surface area contributed by atoms with E-state index in [-0.39, 0.29) is 11.2 Å². The van der Waals surface area contributed by atoms with Crippen LogP contribution in [0, 0.1) is 5.41 Å². The molecule has 1 atom stereocenters. The minimum absolute atomic E-state index is 0.241. The number of carbonyl (C=O) groups excluding carboxylic acids is 1. The molecule has 1 aliphatic carbocycles. The van der Waals surface area contributed by atoms with Crippen LogP contribution < -0.4 is 0 Å². The molecule has 1 heteroatoms. The van der Waals surface area contributed by atoms with Crippen LogP contribution in [0.15, 0.2) is 48.6 Å². The summed E-state index contributed by atoms with van der Waals surface area (Å²) in [7, 11) is 0. The summed E-state index contributed by atoms with van der Waals surface area (Å²) in [6.45, 7) is 4.24. The van der Waals surface area contributed by atoms with E-state index in [9.17, 15) is 4.79 Å². The molecule has 19 heavy (non-hydrogen) atoms. The van der Waals surface area contributed by atoms with Crippen LogP contribution in [0.25, 0.3) is 5.57 Å². The molecule has 0 aromatic heterocycles. The molecular formula is C18H22O. The second kappa shape index (κ2) is 6.01. The van der Waals surface area contributed by atoms with Gasteiger partial charge in [-0.1, -0.05) is 68.7 Å². The predicted octanol–water partition coefficient (Wildman–Crippen LogP) is 4.80. The summed E-state index contributed by atoms with van der Waals surface area (Å²) in [6, 6.07) is 10.1. The highest BCUT2D eigenvalue weighted by atomic mass is 16.1. The topological polar surface area (TPSA) is 17.1 Å². The molecule has 0 radical (unpaired) electrons. The van der Waals surface area contributed by atoms with E-state index in [0.29, 0.717) is 0 Å². The first kappa shape index (κ1) is 13.8. The molecule has 100 valence electrons. The first-order valence-electron chi connectivity index (χ1n) is 7.16. The molecule has 2 rings (SSSR count). The summed E-state index contributed by atoms with van der Waals surface area (Å²) in [6.07, 6.45) is 10.5. The van der Waals surface area contributed by atoms with Gasteiger partial charge in [0.1, 0.15) is 0 Å². The Balaban J connectivity index is 2.11. The van der Waals surface area contributed by atoms with Crippen molar-refractivity contribution in [2.24, 2.45) is 5.41 Å². The molecular weight excluding hydrogens is 232 g/mol. The first-order chi connectivity index (χ1) is 9.15. The maximum absolute atomic E-state index is 12.4. The average Bonchev–Trinajstić information content (AvgIpc) is 2.43. The third-order valence-electron chi connectivity index (χ3n) is 3.89. The van der Waals surface area contributed by atoms with E-state index in [1.807, 2.05) is 30.3 Å². The van der Waals surface area contributed by atoms with Crippen LogP contribution in [0.5, 0.6) is 0 Å². The van der Waals surface area contributed by atoms with Crippen LogP contribution in [0.3, 0.4) is 0 Å².